The van der Waals surface area contributed by atoms with Gasteiger partial charge < -0.3 is 18.9 Å². The summed E-state index contributed by atoms with van der Waals surface area (Å²) < 4.78 is 21.7. The molecule has 1 heterocycles. The number of allylic oxidation sites excluding steroid dienone is 1. The van der Waals surface area contributed by atoms with E-state index in [0.717, 1.165) is 11.3 Å². The number of benzene rings is 3. The average Bonchev–Trinajstić information content (AvgIpc) is 3.09. The van der Waals surface area contributed by atoms with Crippen LogP contribution in [0.25, 0.3) is 6.08 Å². The number of carbonyl (C=O) groups is 2. The lowest BCUT2D eigenvalue weighted by atomic mass is 10.1. The van der Waals surface area contributed by atoms with Gasteiger partial charge in [-0.15, -0.1) is 0 Å². The van der Waals surface area contributed by atoms with Crippen molar-refractivity contribution in [1.82, 2.24) is 0 Å². The Hall–Kier alpha value is -4.06. The number of carbonyl (C=O) groups excluding carboxylic acids is 2. The van der Waals surface area contributed by atoms with Gasteiger partial charge in [-0.05, 0) is 61.0 Å². The number of methoxy groups -OCH3 is 1. The van der Waals surface area contributed by atoms with Crippen molar-refractivity contribution in [3.63, 3.8) is 0 Å². The molecule has 0 aliphatic carbocycles. The van der Waals surface area contributed by atoms with Crippen LogP contribution in [0.3, 0.4) is 0 Å². The molecule has 0 unspecified atom stereocenters. The Bertz CT molecular complexity index is 1160. The molecule has 1 aliphatic heterocycles. The molecule has 0 saturated carbocycles. The lowest BCUT2D eigenvalue weighted by Crippen LogP contribution is -2.08. The van der Waals surface area contributed by atoms with E-state index < -0.39 is 5.97 Å². The molecule has 0 fully saturated rings. The molecule has 0 amide bonds. The SMILES string of the molecule is CCOc1ccc(C=C2Oc3cc(OC(=O)c4cccc(OC)c4)ccc3C2=O)cc1. The Morgan fingerprint density at radius 3 is 2.48 bits per heavy atom. The molecule has 0 spiro atoms. The van der Waals surface area contributed by atoms with Gasteiger partial charge in [0.15, 0.2) is 5.76 Å². The largest absolute Gasteiger partial charge is 0.497 e. The van der Waals surface area contributed by atoms with E-state index in [1.165, 1.54) is 13.2 Å². The van der Waals surface area contributed by atoms with E-state index in [0.29, 0.717) is 29.2 Å². The Balaban J connectivity index is 1.50. The predicted octanol–water partition coefficient (Wildman–Crippen LogP) is 4.93. The molecule has 31 heavy (non-hydrogen) atoms. The Kier molecular flexibility index (Phi) is 5.71. The minimum Gasteiger partial charge on any atom is -0.497 e. The van der Waals surface area contributed by atoms with E-state index in [1.807, 2.05) is 31.2 Å². The normalized spacial score (nSPS) is 13.5. The fourth-order valence-electron chi connectivity index (χ4n) is 3.13. The van der Waals surface area contributed by atoms with E-state index in [2.05, 4.69) is 0 Å². The molecular weight excluding hydrogens is 396 g/mol. The summed E-state index contributed by atoms with van der Waals surface area (Å²) in [5.41, 5.74) is 1.58. The van der Waals surface area contributed by atoms with Crippen LogP contribution in [0, 0.1) is 0 Å². The van der Waals surface area contributed by atoms with Gasteiger partial charge in [-0.3, -0.25) is 4.79 Å². The molecule has 4 rings (SSSR count). The van der Waals surface area contributed by atoms with Crippen LogP contribution >= 0.6 is 0 Å². The second kappa shape index (κ2) is 8.75. The fourth-order valence-corrected chi connectivity index (χ4v) is 3.13. The first-order valence-corrected chi connectivity index (χ1v) is 9.75. The number of rotatable bonds is 6. The Labute approximate surface area is 179 Å². The highest BCUT2D eigenvalue weighted by Crippen LogP contribution is 2.35. The van der Waals surface area contributed by atoms with Crippen LogP contribution in [0.2, 0.25) is 0 Å². The fraction of sp³-hybridized carbons (Fsp3) is 0.120. The van der Waals surface area contributed by atoms with Gasteiger partial charge in [-0.2, -0.15) is 0 Å². The van der Waals surface area contributed by atoms with Crippen LogP contribution in [0.15, 0.2) is 72.5 Å². The van der Waals surface area contributed by atoms with Gasteiger partial charge >= 0.3 is 5.97 Å². The number of hydrogen-bond acceptors (Lipinski definition) is 6. The van der Waals surface area contributed by atoms with Crippen molar-refractivity contribution in [1.29, 1.82) is 0 Å². The lowest BCUT2D eigenvalue weighted by Gasteiger charge is -2.07. The minimum absolute atomic E-state index is 0.204. The smallest absolute Gasteiger partial charge is 0.343 e. The van der Waals surface area contributed by atoms with Crippen LogP contribution < -0.4 is 18.9 Å². The van der Waals surface area contributed by atoms with Crippen LogP contribution in [0.4, 0.5) is 0 Å². The minimum atomic E-state index is -0.534. The number of ketones is 1. The summed E-state index contributed by atoms with van der Waals surface area (Å²) in [6.07, 6.45) is 1.67. The second-order valence-corrected chi connectivity index (χ2v) is 6.72. The number of esters is 1. The summed E-state index contributed by atoms with van der Waals surface area (Å²) >= 11 is 0. The zero-order valence-electron chi connectivity index (χ0n) is 17.1. The van der Waals surface area contributed by atoms with Gasteiger partial charge in [0.2, 0.25) is 5.78 Å². The molecule has 1 aliphatic rings. The molecular formula is C25H20O6. The monoisotopic (exact) mass is 416 g/mol. The maximum Gasteiger partial charge on any atom is 0.343 e. The van der Waals surface area contributed by atoms with E-state index in [-0.39, 0.29) is 17.3 Å². The van der Waals surface area contributed by atoms with E-state index >= 15 is 0 Å². The van der Waals surface area contributed by atoms with Crippen molar-refractivity contribution < 1.29 is 28.5 Å². The highest BCUT2D eigenvalue weighted by Gasteiger charge is 2.28. The quantitative estimate of drug-likeness (QED) is 0.322. The third-order valence-electron chi connectivity index (χ3n) is 4.65. The van der Waals surface area contributed by atoms with Crippen molar-refractivity contribution >= 4 is 17.8 Å². The van der Waals surface area contributed by atoms with Crippen molar-refractivity contribution in [3.8, 4) is 23.0 Å². The van der Waals surface area contributed by atoms with E-state index in [9.17, 15) is 9.59 Å². The first-order valence-electron chi connectivity index (χ1n) is 9.75. The number of ether oxygens (including phenoxy) is 4. The van der Waals surface area contributed by atoms with Gasteiger partial charge in [0.25, 0.3) is 0 Å². The molecule has 6 nitrogen and oxygen atoms in total. The van der Waals surface area contributed by atoms with Crippen molar-refractivity contribution in [2.75, 3.05) is 13.7 Å². The molecule has 0 N–H and O–H groups in total. The molecule has 3 aromatic rings. The average molecular weight is 416 g/mol. The van der Waals surface area contributed by atoms with Crippen molar-refractivity contribution in [2.45, 2.75) is 6.92 Å². The van der Waals surface area contributed by atoms with E-state index in [1.54, 1.807) is 42.5 Å². The van der Waals surface area contributed by atoms with Crippen LogP contribution in [0.5, 0.6) is 23.0 Å². The van der Waals surface area contributed by atoms with Crippen molar-refractivity contribution in [3.05, 3.63) is 89.2 Å². The first kappa shape index (κ1) is 20.2. The summed E-state index contributed by atoms with van der Waals surface area (Å²) in [4.78, 5) is 25.1. The maximum absolute atomic E-state index is 12.7. The summed E-state index contributed by atoms with van der Waals surface area (Å²) in [5.74, 6) is 1.38. The van der Waals surface area contributed by atoms with Gasteiger partial charge in [0.1, 0.15) is 23.0 Å². The van der Waals surface area contributed by atoms with Gasteiger partial charge in [0.05, 0.1) is 24.8 Å². The molecule has 0 bridgehead atoms. The summed E-state index contributed by atoms with van der Waals surface area (Å²) in [6, 6.07) is 18.7. The van der Waals surface area contributed by atoms with Gasteiger partial charge in [0, 0.05) is 6.07 Å². The highest BCUT2D eigenvalue weighted by molar-refractivity contribution is 6.14. The van der Waals surface area contributed by atoms with Gasteiger partial charge in [-0.25, -0.2) is 4.79 Å². The first-order chi connectivity index (χ1) is 15.1. The number of fused-ring (bicyclic) bond motifs is 1. The summed E-state index contributed by atoms with van der Waals surface area (Å²) in [6.45, 7) is 2.50. The molecule has 6 heteroatoms. The standard InChI is InChI=1S/C25H20O6/c1-3-29-18-9-7-16(8-10-18)13-23-24(26)21-12-11-20(15-22(21)31-23)30-25(27)17-5-4-6-19(14-17)28-2/h4-15H,3H2,1-2H3. The van der Waals surface area contributed by atoms with Crippen LogP contribution in [0.1, 0.15) is 33.2 Å². The maximum atomic E-state index is 12.7. The second-order valence-electron chi connectivity index (χ2n) is 6.72. The molecule has 0 aromatic heterocycles. The Morgan fingerprint density at radius 2 is 1.74 bits per heavy atom. The number of hydrogen-bond donors (Lipinski definition) is 0. The molecule has 0 atom stereocenters. The van der Waals surface area contributed by atoms with E-state index in [4.69, 9.17) is 18.9 Å². The molecule has 156 valence electrons. The molecule has 3 aromatic carbocycles. The molecule has 0 radical (unpaired) electrons. The Morgan fingerprint density at radius 1 is 0.968 bits per heavy atom. The van der Waals surface area contributed by atoms with Crippen molar-refractivity contribution in [2.24, 2.45) is 0 Å². The van der Waals surface area contributed by atoms with Crippen LogP contribution in [-0.2, 0) is 0 Å². The third kappa shape index (κ3) is 4.43. The lowest BCUT2D eigenvalue weighted by molar-refractivity contribution is 0.0734. The summed E-state index contributed by atoms with van der Waals surface area (Å²) in [7, 11) is 1.53. The van der Waals surface area contributed by atoms with Gasteiger partial charge in [-0.1, -0.05) is 18.2 Å². The zero-order chi connectivity index (χ0) is 21.8. The number of Topliss-reactive ketones (excluding diaryl/α,β-unsaturated/α-hetero) is 1. The predicted molar refractivity (Wildman–Crippen MR) is 115 cm³/mol. The van der Waals surface area contributed by atoms with Crippen LogP contribution in [-0.4, -0.2) is 25.5 Å². The topological polar surface area (TPSA) is 71.1 Å². The highest BCUT2D eigenvalue weighted by atomic mass is 16.5. The third-order valence-corrected chi connectivity index (χ3v) is 4.65. The summed E-state index contributed by atoms with van der Waals surface area (Å²) in [5, 5.41) is 0. The molecule has 0 saturated heterocycles. The zero-order valence-corrected chi connectivity index (χ0v) is 17.1.